The van der Waals surface area contributed by atoms with E-state index in [0.717, 1.165) is 25.7 Å². The monoisotopic (exact) mass is 293 g/mol. The topological polar surface area (TPSA) is 118 Å². The first-order valence-corrected chi connectivity index (χ1v) is 6.98. The summed E-state index contributed by atoms with van der Waals surface area (Å²) in [5.74, 6) is -0.607. The van der Waals surface area contributed by atoms with E-state index < -0.39 is 10.8 Å². The third-order valence-corrected chi connectivity index (χ3v) is 3.96. The second-order valence-corrected chi connectivity index (χ2v) is 5.33. The second-order valence-electron chi connectivity index (χ2n) is 5.33. The number of amides is 1. The quantitative estimate of drug-likeness (QED) is 0.563. The van der Waals surface area contributed by atoms with Crippen LogP contribution in [0.15, 0.2) is 18.2 Å². The molecule has 2 atom stereocenters. The number of rotatable bonds is 5. The Morgan fingerprint density at radius 2 is 2.14 bits per heavy atom. The lowest BCUT2D eigenvalue weighted by Gasteiger charge is -2.31. The highest BCUT2D eigenvalue weighted by molar-refractivity contribution is 5.94. The highest BCUT2D eigenvalue weighted by Gasteiger charge is 2.27. The summed E-state index contributed by atoms with van der Waals surface area (Å²) in [6, 6.07) is 4.15. The summed E-state index contributed by atoms with van der Waals surface area (Å²) in [7, 11) is 0. The molecule has 7 nitrogen and oxygen atoms in total. The van der Waals surface area contributed by atoms with E-state index in [1.807, 2.05) is 0 Å². The van der Waals surface area contributed by atoms with E-state index in [-0.39, 0.29) is 29.8 Å². The summed E-state index contributed by atoms with van der Waals surface area (Å²) in [5.41, 5.74) is 5.44. The van der Waals surface area contributed by atoms with Crippen molar-refractivity contribution in [1.82, 2.24) is 0 Å². The molecule has 1 amide bonds. The Kier molecular flexibility index (Phi) is 4.74. The maximum Gasteiger partial charge on any atom is 0.293 e. The number of nitrogens with two attached hydrogens (primary N) is 1. The molecule has 0 saturated heterocycles. The minimum Gasteiger partial charge on any atom is -0.396 e. The van der Waals surface area contributed by atoms with Crippen molar-refractivity contribution in [2.45, 2.75) is 31.7 Å². The molecule has 7 heteroatoms. The van der Waals surface area contributed by atoms with Crippen molar-refractivity contribution >= 4 is 17.3 Å². The lowest BCUT2D eigenvalue weighted by Crippen LogP contribution is -2.34. The van der Waals surface area contributed by atoms with Crippen LogP contribution in [-0.4, -0.2) is 28.6 Å². The van der Waals surface area contributed by atoms with Crippen molar-refractivity contribution < 1.29 is 14.8 Å². The van der Waals surface area contributed by atoms with Gasteiger partial charge < -0.3 is 16.2 Å². The highest BCUT2D eigenvalue weighted by Crippen LogP contribution is 2.31. The molecule has 4 N–H and O–H groups in total. The van der Waals surface area contributed by atoms with Crippen molar-refractivity contribution in [3.05, 3.63) is 33.9 Å². The molecule has 114 valence electrons. The van der Waals surface area contributed by atoms with Crippen LogP contribution in [-0.2, 0) is 0 Å². The molecule has 0 aliphatic heterocycles. The first kappa shape index (κ1) is 15.2. The summed E-state index contributed by atoms with van der Waals surface area (Å²) in [6.07, 6.45) is 3.86. The summed E-state index contributed by atoms with van der Waals surface area (Å²) in [4.78, 5) is 21.7. The largest absolute Gasteiger partial charge is 0.396 e. The molecule has 1 fully saturated rings. The van der Waals surface area contributed by atoms with Gasteiger partial charge in [-0.15, -0.1) is 0 Å². The lowest BCUT2D eigenvalue weighted by molar-refractivity contribution is -0.384. The Balaban J connectivity index is 2.26. The van der Waals surface area contributed by atoms with E-state index in [4.69, 9.17) is 5.73 Å². The van der Waals surface area contributed by atoms with E-state index >= 15 is 0 Å². The Morgan fingerprint density at radius 1 is 1.43 bits per heavy atom. The third kappa shape index (κ3) is 3.49. The average molecular weight is 293 g/mol. The fraction of sp³-hybridized carbons (Fsp3) is 0.500. The van der Waals surface area contributed by atoms with Crippen LogP contribution in [0.25, 0.3) is 0 Å². The van der Waals surface area contributed by atoms with E-state index in [0.29, 0.717) is 5.69 Å². The van der Waals surface area contributed by atoms with E-state index in [1.54, 1.807) is 0 Å². The van der Waals surface area contributed by atoms with Crippen LogP contribution in [0.1, 0.15) is 36.0 Å². The number of nitro benzene ring substituents is 1. The van der Waals surface area contributed by atoms with Crippen molar-refractivity contribution in [2.75, 3.05) is 11.9 Å². The Morgan fingerprint density at radius 3 is 2.76 bits per heavy atom. The molecule has 0 heterocycles. The Bertz CT molecular complexity index is 547. The molecule has 0 spiro atoms. The Hall–Kier alpha value is -2.15. The fourth-order valence-electron chi connectivity index (χ4n) is 2.77. The van der Waals surface area contributed by atoms with Gasteiger partial charge in [0.2, 0.25) is 5.91 Å². The van der Waals surface area contributed by atoms with Crippen LogP contribution in [0.4, 0.5) is 11.4 Å². The number of nitrogens with one attached hydrogen (secondary N) is 1. The maximum atomic E-state index is 11.2. The maximum absolute atomic E-state index is 11.2. The normalized spacial score (nSPS) is 21.8. The van der Waals surface area contributed by atoms with E-state index in [9.17, 15) is 20.0 Å². The summed E-state index contributed by atoms with van der Waals surface area (Å²) >= 11 is 0. The molecule has 2 unspecified atom stereocenters. The molecular weight excluding hydrogens is 274 g/mol. The van der Waals surface area contributed by atoms with Crippen LogP contribution >= 0.6 is 0 Å². The minimum absolute atomic E-state index is 0.00174. The number of hydrogen-bond donors (Lipinski definition) is 3. The molecule has 1 aliphatic carbocycles. The van der Waals surface area contributed by atoms with Crippen LogP contribution in [0.3, 0.4) is 0 Å². The van der Waals surface area contributed by atoms with Gasteiger partial charge in [0.15, 0.2) is 0 Å². The van der Waals surface area contributed by atoms with Crippen LogP contribution < -0.4 is 11.1 Å². The number of carbonyl (C=O) groups excluding carboxylic acids is 1. The molecule has 2 rings (SSSR count). The van der Waals surface area contributed by atoms with Crippen molar-refractivity contribution in [3.8, 4) is 0 Å². The first-order chi connectivity index (χ1) is 10.0. The van der Waals surface area contributed by atoms with E-state index in [2.05, 4.69) is 5.32 Å². The van der Waals surface area contributed by atoms with Gasteiger partial charge in [0.25, 0.3) is 5.69 Å². The van der Waals surface area contributed by atoms with Gasteiger partial charge in [-0.2, -0.15) is 0 Å². The number of hydrogen-bond acceptors (Lipinski definition) is 5. The SMILES string of the molecule is NC(=O)c1ccc(NC2CCCCC2CO)c([N+](=O)[O-])c1. The van der Waals surface area contributed by atoms with Crippen LogP contribution in [0, 0.1) is 16.0 Å². The number of nitrogens with zero attached hydrogens (tertiary/aromatic N) is 1. The highest BCUT2D eigenvalue weighted by atomic mass is 16.6. The van der Waals surface area contributed by atoms with Crippen molar-refractivity contribution in [2.24, 2.45) is 11.7 Å². The Labute approximate surface area is 122 Å². The van der Waals surface area contributed by atoms with Gasteiger partial charge >= 0.3 is 0 Å². The predicted molar refractivity (Wildman–Crippen MR) is 78.1 cm³/mol. The number of nitro groups is 1. The molecule has 0 aromatic heterocycles. The van der Waals surface area contributed by atoms with Gasteiger partial charge in [0, 0.05) is 30.2 Å². The smallest absolute Gasteiger partial charge is 0.293 e. The van der Waals surface area contributed by atoms with Gasteiger partial charge in [-0.1, -0.05) is 12.8 Å². The molecule has 0 radical (unpaired) electrons. The number of anilines is 1. The molecule has 1 aromatic rings. The number of aliphatic hydroxyl groups is 1. The molecule has 0 bridgehead atoms. The van der Waals surface area contributed by atoms with Gasteiger partial charge in [0.1, 0.15) is 5.69 Å². The van der Waals surface area contributed by atoms with Gasteiger partial charge in [-0.25, -0.2) is 0 Å². The standard InChI is InChI=1S/C14H19N3O4/c15-14(19)9-5-6-12(13(7-9)17(20)21)16-11-4-2-1-3-10(11)8-18/h5-7,10-11,16,18H,1-4,8H2,(H2,15,19). The molecular formula is C14H19N3O4. The summed E-state index contributed by atoms with van der Waals surface area (Å²) in [5, 5.41) is 23.7. The predicted octanol–water partition coefficient (Wildman–Crippen LogP) is 1.66. The molecule has 21 heavy (non-hydrogen) atoms. The van der Waals surface area contributed by atoms with Gasteiger partial charge in [0.05, 0.1) is 4.92 Å². The molecule has 1 saturated carbocycles. The first-order valence-electron chi connectivity index (χ1n) is 6.98. The van der Waals surface area contributed by atoms with Crippen molar-refractivity contribution in [3.63, 3.8) is 0 Å². The fourth-order valence-corrected chi connectivity index (χ4v) is 2.77. The van der Waals surface area contributed by atoms with Crippen LogP contribution in [0.2, 0.25) is 0 Å². The van der Waals surface area contributed by atoms with Crippen molar-refractivity contribution in [1.29, 1.82) is 0 Å². The van der Waals surface area contributed by atoms with E-state index in [1.165, 1.54) is 18.2 Å². The van der Waals surface area contributed by atoms with Gasteiger partial charge in [-0.05, 0) is 25.0 Å². The summed E-state index contributed by atoms with van der Waals surface area (Å²) < 4.78 is 0. The lowest BCUT2D eigenvalue weighted by atomic mass is 9.85. The second kappa shape index (κ2) is 6.53. The zero-order valence-electron chi connectivity index (χ0n) is 11.6. The van der Waals surface area contributed by atoms with Crippen LogP contribution in [0.5, 0.6) is 0 Å². The number of primary amides is 1. The average Bonchev–Trinajstić information content (AvgIpc) is 2.47. The third-order valence-electron chi connectivity index (χ3n) is 3.96. The minimum atomic E-state index is -0.699. The number of aliphatic hydroxyl groups excluding tert-OH is 1. The number of carbonyl (C=O) groups is 1. The van der Waals surface area contributed by atoms with Gasteiger partial charge in [-0.3, -0.25) is 14.9 Å². The molecule has 1 aliphatic rings. The zero-order chi connectivity index (χ0) is 15.4. The number of benzene rings is 1. The summed E-state index contributed by atoms with van der Waals surface area (Å²) in [6.45, 7) is 0.0604. The molecule has 1 aromatic carbocycles. The zero-order valence-corrected chi connectivity index (χ0v) is 11.6.